The van der Waals surface area contributed by atoms with Gasteiger partial charge in [-0.3, -0.25) is 9.98 Å². The van der Waals surface area contributed by atoms with Gasteiger partial charge in [0.25, 0.3) is 0 Å². The molecule has 1 aromatic heterocycles. The number of nitrogens with zero attached hydrogens (tertiary/aromatic N) is 2. The summed E-state index contributed by atoms with van der Waals surface area (Å²) in [6.45, 7) is 16.8. The molecule has 1 aromatic rings. The number of nitrogens with one attached hydrogen (secondary N) is 2. The van der Waals surface area contributed by atoms with E-state index in [2.05, 4.69) is 63.2 Å². The second-order valence-corrected chi connectivity index (χ2v) is 9.30. The van der Waals surface area contributed by atoms with Crippen LogP contribution >= 0.6 is 24.0 Å². The Hall–Kier alpha value is -0.890. The van der Waals surface area contributed by atoms with Gasteiger partial charge in [-0.1, -0.05) is 40.7 Å². The van der Waals surface area contributed by atoms with E-state index in [1.807, 2.05) is 18.5 Å². The van der Waals surface area contributed by atoms with Crippen LogP contribution in [0.4, 0.5) is 0 Å². The van der Waals surface area contributed by atoms with Crippen molar-refractivity contribution in [3.05, 3.63) is 30.1 Å². The monoisotopic (exact) mass is 516 g/mol. The minimum atomic E-state index is 0. The summed E-state index contributed by atoms with van der Waals surface area (Å²) in [5.41, 5.74) is 1.41. The summed E-state index contributed by atoms with van der Waals surface area (Å²) in [7, 11) is 0. The average molecular weight is 517 g/mol. The van der Waals surface area contributed by atoms with Crippen LogP contribution in [-0.4, -0.2) is 43.3 Å². The SMILES string of the molecule is CCNC(=NCC(c1cccnc1)C(C)C)NCC1CCCOC1C(C)(C)C.I. The molecule has 2 N–H and O–H groups in total. The predicted octanol–water partition coefficient (Wildman–Crippen LogP) is 4.84. The van der Waals surface area contributed by atoms with Gasteiger partial charge >= 0.3 is 0 Å². The van der Waals surface area contributed by atoms with E-state index in [4.69, 9.17) is 9.73 Å². The van der Waals surface area contributed by atoms with Crippen LogP contribution in [0.3, 0.4) is 0 Å². The summed E-state index contributed by atoms with van der Waals surface area (Å²) < 4.78 is 6.13. The van der Waals surface area contributed by atoms with Crippen LogP contribution in [0.2, 0.25) is 0 Å². The van der Waals surface area contributed by atoms with Crippen LogP contribution in [0.25, 0.3) is 0 Å². The number of rotatable bonds is 7. The van der Waals surface area contributed by atoms with Gasteiger partial charge in [0.1, 0.15) is 0 Å². The van der Waals surface area contributed by atoms with Crippen molar-refractivity contribution in [2.24, 2.45) is 22.2 Å². The minimum absolute atomic E-state index is 0. The molecule has 1 saturated heterocycles. The maximum absolute atomic E-state index is 6.13. The first kappa shape index (κ1) is 26.1. The van der Waals surface area contributed by atoms with Crippen molar-refractivity contribution >= 4 is 29.9 Å². The number of pyridine rings is 1. The second kappa shape index (κ2) is 12.7. The lowest BCUT2D eigenvalue weighted by Crippen LogP contribution is -2.47. The van der Waals surface area contributed by atoms with Gasteiger partial charge in [0.15, 0.2) is 5.96 Å². The Balaban J connectivity index is 0.00000420. The average Bonchev–Trinajstić information content (AvgIpc) is 2.66. The van der Waals surface area contributed by atoms with Gasteiger partial charge in [0, 0.05) is 50.5 Å². The molecule has 3 unspecified atom stereocenters. The minimum Gasteiger partial charge on any atom is -0.377 e. The smallest absolute Gasteiger partial charge is 0.191 e. The third-order valence-electron chi connectivity index (χ3n) is 5.54. The van der Waals surface area contributed by atoms with Gasteiger partial charge in [-0.25, -0.2) is 0 Å². The first-order valence-electron chi connectivity index (χ1n) is 10.9. The number of hydrogen-bond acceptors (Lipinski definition) is 3. The van der Waals surface area contributed by atoms with Gasteiger partial charge in [-0.15, -0.1) is 24.0 Å². The molecule has 0 radical (unpaired) electrons. The molecule has 0 bridgehead atoms. The lowest BCUT2D eigenvalue weighted by Gasteiger charge is -2.40. The zero-order valence-corrected chi connectivity index (χ0v) is 21.4. The van der Waals surface area contributed by atoms with Gasteiger partial charge in [-0.2, -0.15) is 0 Å². The molecule has 0 aliphatic carbocycles. The van der Waals surface area contributed by atoms with E-state index in [-0.39, 0.29) is 35.5 Å². The van der Waals surface area contributed by atoms with E-state index in [0.29, 0.717) is 17.8 Å². The highest BCUT2D eigenvalue weighted by Gasteiger charge is 2.35. The molecule has 5 nitrogen and oxygen atoms in total. The summed E-state index contributed by atoms with van der Waals surface area (Å²) in [6.07, 6.45) is 6.43. The van der Waals surface area contributed by atoms with Crippen LogP contribution in [0.5, 0.6) is 0 Å². The van der Waals surface area contributed by atoms with Gasteiger partial charge < -0.3 is 15.4 Å². The molecule has 1 aliphatic rings. The van der Waals surface area contributed by atoms with E-state index in [1.165, 1.54) is 12.0 Å². The molecule has 2 rings (SSSR count). The number of guanidine groups is 1. The molecule has 166 valence electrons. The van der Waals surface area contributed by atoms with Crippen molar-refractivity contribution in [2.75, 3.05) is 26.2 Å². The highest BCUT2D eigenvalue weighted by atomic mass is 127. The van der Waals surface area contributed by atoms with Crippen LogP contribution < -0.4 is 10.6 Å². The summed E-state index contributed by atoms with van der Waals surface area (Å²) >= 11 is 0. The molecule has 0 spiro atoms. The van der Waals surface area contributed by atoms with Crippen LogP contribution in [0, 0.1) is 17.3 Å². The Bertz CT molecular complexity index is 601. The highest BCUT2D eigenvalue weighted by Crippen LogP contribution is 2.33. The third kappa shape index (κ3) is 8.40. The van der Waals surface area contributed by atoms with E-state index < -0.39 is 0 Å². The van der Waals surface area contributed by atoms with Crippen LogP contribution in [0.15, 0.2) is 29.5 Å². The molecule has 0 saturated carbocycles. The number of hydrogen-bond donors (Lipinski definition) is 2. The van der Waals surface area contributed by atoms with Gasteiger partial charge in [-0.05, 0) is 42.7 Å². The van der Waals surface area contributed by atoms with Crippen molar-refractivity contribution < 1.29 is 4.74 Å². The maximum Gasteiger partial charge on any atom is 0.191 e. The summed E-state index contributed by atoms with van der Waals surface area (Å²) in [5.74, 6) is 2.28. The molecule has 2 heterocycles. The fourth-order valence-electron chi connectivity index (χ4n) is 4.07. The van der Waals surface area contributed by atoms with Crippen molar-refractivity contribution in [1.82, 2.24) is 15.6 Å². The van der Waals surface area contributed by atoms with E-state index in [9.17, 15) is 0 Å². The Morgan fingerprint density at radius 2 is 2.07 bits per heavy atom. The Morgan fingerprint density at radius 3 is 2.66 bits per heavy atom. The molecular weight excluding hydrogens is 475 g/mol. The third-order valence-corrected chi connectivity index (χ3v) is 5.54. The molecule has 1 aliphatic heterocycles. The summed E-state index contributed by atoms with van der Waals surface area (Å²) in [4.78, 5) is 9.20. The Morgan fingerprint density at radius 1 is 1.31 bits per heavy atom. The topological polar surface area (TPSA) is 58.5 Å². The molecule has 1 fully saturated rings. The van der Waals surface area contributed by atoms with E-state index in [1.54, 1.807) is 0 Å². The van der Waals surface area contributed by atoms with Gasteiger partial charge in [0.05, 0.1) is 6.10 Å². The maximum atomic E-state index is 6.13. The standard InChI is InChI=1S/C23H40N4O.HI/c1-7-25-22(26-15-19-11-9-13-28-21(19)23(4,5)6)27-16-20(17(2)3)18-10-8-12-24-14-18;/h8,10,12,14,17,19-21H,7,9,11,13,15-16H2,1-6H3,(H2,25,26,27);1H. The fraction of sp³-hybridized carbons (Fsp3) is 0.739. The zero-order chi connectivity index (χ0) is 20.6. The summed E-state index contributed by atoms with van der Waals surface area (Å²) in [6, 6.07) is 4.16. The lowest BCUT2D eigenvalue weighted by molar-refractivity contribution is -0.0835. The van der Waals surface area contributed by atoms with E-state index >= 15 is 0 Å². The number of aromatic nitrogens is 1. The van der Waals surface area contributed by atoms with E-state index in [0.717, 1.165) is 38.6 Å². The fourth-order valence-corrected chi connectivity index (χ4v) is 4.07. The van der Waals surface area contributed by atoms with Gasteiger partial charge in [0.2, 0.25) is 0 Å². The lowest BCUT2D eigenvalue weighted by atomic mass is 9.78. The molecule has 29 heavy (non-hydrogen) atoms. The largest absolute Gasteiger partial charge is 0.377 e. The second-order valence-electron chi connectivity index (χ2n) is 9.30. The first-order chi connectivity index (χ1) is 13.3. The molecule has 3 atom stereocenters. The van der Waals surface area contributed by atoms with Crippen molar-refractivity contribution in [2.45, 2.75) is 66.4 Å². The number of ether oxygens (including phenoxy) is 1. The highest BCUT2D eigenvalue weighted by molar-refractivity contribution is 14.0. The summed E-state index contributed by atoms with van der Waals surface area (Å²) in [5, 5.41) is 6.99. The van der Waals surface area contributed by atoms with Crippen molar-refractivity contribution in [3.63, 3.8) is 0 Å². The Kier molecular flexibility index (Phi) is 11.5. The quantitative estimate of drug-likeness (QED) is 0.310. The normalized spacial score (nSPS) is 21.4. The molecule has 0 aromatic carbocycles. The first-order valence-corrected chi connectivity index (χ1v) is 10.9. The van der Waals surface area contributed by atoms with Crippen molar-refractivity contribution in [1.29, 1.82) is 0 Å². The van der Waals surface area contributed by atoms with Crippen LogP contribution in [-0.2, 0) is 4.74 Å². The van der Waals surface area contributed by atoms with Crippen molar-refractivity contribution in [3.8, 4) is 0 Å². The molecular formula is C23H41IN4O. The number of aliphatic imine (C=N–C) groups is 1. The number of halogens is 1. The van der Waals surface area contributed by atoms with Crippen LogP contribution in [0.1, 0.15) is 65.9 Å². The molecule has 0 amide bonds. The predicted molar refractivity (Wildman–Crippen MR) is 133 cm³/mol. The zero-order valence-electron chi connectivity index (χ0n) is 19.1. The molecule has 6 heteroatoms. The Labute approximate surface area is 194 Å².